The molecule has 2 saturated carbocycles. The van der Waals surface area contributed by atoms with Gasteiger partial charge in [-0.25, -0.2) is 4.39 Å². The molecule has 1 atom stereocenters. The number of hydrogen-bond donors (Lipinski definition) is 1. The summed E-state index contributed by atoms with van der Waals surface area (Å²) in [6, 6.07) is 6.08. The van der Waals surface area contributed by atoms with Gasteiger partial charge in [-0.2, -0.15) is 0 Å². The highest BCUT2D eigenvalue weighted by Crippen LogP contribution is 2.50. The Morgan fingerprint density at radius 2 is 1.78 bits per heavy atom. The van der Waals surface area contributed by atoms with Crippen LogP contribution in [0.5, 0.6) is 0 Å². The summed E-state index contributed by atoms with van der Waals surface area (Å²) in [4.78, 5) is 0. The third-order valence-corrected chi connectivity index (χ3v) is 5.22. The fraction of sp³-hybridized carbons (Fsp3) is 0.625. The van der Waals surface area contributed by atoms with E-state index >= 15 is 0 Å². The molecule has 0 aromatic heterocycles. The first-order valence-corrected chi connectivity index (χ1v) is 7.26. The molecule has 1 spiro atoms. The second-order valence-corrected chi connectivity index (χ2v) is 6.57. The Balaban J connectivity index is 1.62. The third-order valence-electron chi connectivity index (χ3n) is 5.22. The van der Waals surface area contributed by atoms with E-state index in [1.54, 1.807) is 0 Å². The Kier molecular flexibility index (Phi) is 2.32. The molecule has 1 aromatic rings. The van der Waals surface area contributed by atoms with Crippen molar-refractivity contribution in [3.05, 3.63) is 35.1 Å². The van der Waals surface area contributed by atoms with Gasteiger partial charge in [0.1, 0.15) is 5.82 Å². The van der Waals surface area contributed by atoms with Gasteiger partial charge in [0, 0.05) is 13.1 Å². The number of hydrogen-bond acceptors (Lipinski definition) is 1. The second kappa shape index (κ2) is 3.80. The van der Waals surface area contributed by atoms with Crippen molar-refractivity contribution >= 4 is 0 Å². The van der Waals surface area contributed by atoms with Gasteiger partial charge in [0.2, 0.25) is 0 Å². The molecule has 0 unspecified atom stereocenters. The first-order chi connectivity index (χ1) is 8.77. The first-order valence-electron chi connectivity index (χ1n) is 7.26. The van der Waals surface area contributed by atoms with E-state index in [1.165, 1.54) is 32.1 Å². The number of rotatable bonds is 2. The third kappa shape index (κ3) is 1.62. The minimum absolute atomic E-state index is 0.120. The fourth-order valence-corrected chi connectivity index (χ4v) is 3.87. The van der Waals surface area contributed by atoms with Crippen LogP contribution in [0.3, 0.4) is 0 Å². The van der Waals surface area contributed by atoms with Crippen LogP contribution in [-0.2, 0) is 0 Å². The molecule has 0 amide bonds. The van der Waals surface area contributed by atoms with Gasteiger partial charge < -0.3 is 5.32 Å². The van der Waals surface area contributed by atoms with E-state index in [0.29, 0.717) is 17.3 Å². The van der Waals surface area contributed by atoms with Gasteiger partial charge >= 0.3 is 0 Å². The lowest BCUT2D eigenvalue weighted by molar-refractivity contribution is 0.175. The Morgan fingerprint density at radius 3 is 2.33 bits per heavy atom. The molecule has 1 heterocycles. The molecule has 0 radical (unpaired) electrons. The molecule has 18 heavy (non-hydrogen) atoms. The Bertz CT molecular complexity index is 474. The highest BCUT2D eigenvalue weighted by molar-refractivity contribution is 5.34. The minimum atomic E-state index is 0.120. The monoisotopic (exact) mass is 245 g/mol. The van der Waals surface area contributed by atoms with Crippen molar-refractivity contribution in [2.24, 2.45) is 5.41 Å². The van der Waals surface area contributed by atoms with E-state index in [0.717, 1.165) is 24.2 Å². The summed E-state index contributed by atoms with van der Waals surface area (Å²) in [7, 11) is 0. The van der Waals surface area contributed by atoms with Gasteiger partial charge in [-0.1, -0.05) is 18.2 Å². The summed E-state index contributed by atoms with van der Waals surface area (Å²) >= 11 is 0. The second-order valence-electron chi connectivity index (χ2n) is 6.57. The number of nitrogens with one attached hydrogen (secondary N) is 1. The minimum Gasteiger partial charge on any atom is -0.316 e. The molecule has 2 heteroatoms. The van der Waals surface area contributed by atoms with Crippen molar-refractivity contribution in [1.29, 1.82) is 0 Å². The molecule has 2 aliphatic carbocycles. The maximum Gasteiger partial charge on any atom is 0.130 e. The molecule has 4 rings (SSSR count). The Labute approximate surface area is 108 Å². The van der Waals surface area contributed by atoms with Gasteiger partial charge in [-0.15, -0.1) is 0 Å². The van der Waals surface area contributed by atoms with Crippen molar-refractivity contribution in [1.82, 2.24) is 5.32 Å². The maximum absolute atomic E-state index is 14.6. The number of halogens is 1. The van der Waals surface area contributed by atoms with Crippen molar-refractivity contribution in [3.8, 4) is 0 Å². The molecule has 3 aliphatic rings. The zero-order chi connectivity index (χ0) is 12.2. The highest BCUT2D eigenvalue weighted by atomic mass is 19.1. The van der Waals surface area contributed by atoms with Crippen molar-refractivity contribution in [2.75, 3.05) is 13.1 Å². The Hall–Kier alpha value is -0.890. The molecule has 96 valence electrons. The largest absolute Gasteiger partial charge is 0.316 e. The van der Waals surface area contributed by atoms with Crippen molar-refractivity contribution < 1.29 is 4.39 Å². The van der Waals surface area contributed by atoms with Gasteiger partial charge in [0.25, 0.3) is 0 Å². The van der Waals surface area contributed by atoms with E-state index in [-0.39, 0.29) is 5.82 Å². The van der Waals surface area contributed by atoms with Gasteiger partial charge in [-0.3, -0.25) is 0 Å². The highest BCUT2D eigenvalue weighted by Gasteiger charge is 2.44. The van der Waals surface area contributed by atoms with Gasteiger partial charge in [0.15, 0.2) is 0 Å². The van der Waals surface area contributed by atoms with Crippen molar-refractivity contribution in [2.45, 2.75) is 43.9 Å². The van der Waals surface area contributed by atoms with Crippen molar-refractivity contribution in [3.63, 3.8) is 0 Å². The summed E-state index contributed by atoms with van der Waals surface area (Å²) in [5.41, 5.74) is 2.50. The molecule has 1 aromatic carbocycles. The standard InChI is InChI=1S/C16H20FN/c17-15-13(11-4-5-11)2-1-3-14(15)12-6-7-16(8-12)9-18-10-16/h1-3,11-12,18H,4-10H2/t12-/m1/s1. The predicted octanol–water partition coefficient (Wildman–Crippen LogP) is 3.56. The topological polar surface area (TPSA) is 12.0 Å². The lowest BCUT2D eigenvalue weighted by atomic mass is 9.78. The molecule has 1 saturated heterocycles. The molecular formula is C16H20FN. The molecular weight excluding hydrogens is 225 g/mol. The molecule has 3 fully saturated rings. The van der Waals surface area contributed by atoms with E-state index in [1.807, 2.05) is 12.1 Å². The summed E-state index contributed by atoms with van der Waals surface area (Å²) < 4.78 is 14.6. The van der Waals surface area contributed by atoms with E-state index in [2.05, 4.69) is 11.4 Å². The summed E-state index contributed by atoms with van der Waals surface area (Å²) in [5, 5.41) is 3.38. The van der Waals surface area contributed by atoms with Crippen LogP contribution in [0.15, 0.2) is 18.2 Å². The molecule has 1 nitrogen and oxygen atoms in total. The zero-order valence-electron chi connectivity index (χ0n) is 10.7. The van der Waals surface area contributed by atoms with Crippen LogP contribution >= 0.6 is 0 Å². The normalized spacial score (nSPS) is 29.5. The van der Waals surface area contributed by atoms with Gasteiger partial charge in [0.05, 0.1) is 0 Å². The lowest BCUT2D eigenvalue weighted by Crippen LogP contribution is -2.51. The zero-order valence-corrected chi connectivity index (χ0v) is 10.7. The van der Waals surface area contributed by atoms with Crippen LogP contribution in [0.4, 0.5) is 4.39 Å². The van der Waals surface area contributed by atoms with Crippen LogP contribution in [0.1, 0.15) is 55.1 Å². The maximum atomic E-state index is 14.6. The van der Waals surface area contributed by atoms with Crippen LogP contribution in [0, 0.1) is 11.2 Å². The van der Waals surface area contributed by atoms with Gasteiger partial charge in [-0.05, 0) is 60.5 Å². The quantitative estimate of drug-likeness (QED) is 0.840. The summed E-state index contributed by atoms with van der Waals surface area (Å²) in [6.45, 7) is 2.29. The molecule has 1 N–H and O–H groups in total. The fourth-order valence-electron chi connectivity index (χ4n) is 3.87. The summed E-state index contributed by atoms with van der Waals surface area (Å²) in [6.07, 6.45) is 5.99. The van der Waals surface area contributed by atoms with E-state index in [9.17, 15) is 4.39 Å². The SMILES string of the molecule is Fc1c(C2CC2)cccc1[C@@H]1CCC2(CNC2)C1. The average molecular weight is 245 g/mol. The predicted molar refractivity (Wildman–Crippen MR) is 70.3 cm³/mol. The number of benzene rings is 1. The molecule has 1 aliphatic heterocycles. The van der Waals surface area contributed by atoms with Crippen LogP contribution in [-0.4, -0.2) is 13.1 Å². The van der Waals surface area contributed by atoms with Crippen LogP contribution < -0.4 is 5.32 Å². The first kappa shape index (κ1) is 11.0. The van der Waals surface area contributed by atoms with E-state index < -0.39 is 0 Å². The lowest BCUT2D eigenvalue weighted by Gasteiger charge is -2.39. The smallest absolute Gasteiger partial charge is 0.130 e. The van der Waals surface area contributed by atoms with E-state index in [4.69, 9.17) is 0 Å². The molecule has 0 bridgehead atoms. The average Bonchev–Trinajstić information content (AvgIpc) is 3.06. The summed E-state index contributed by atoms with van der Waals surface area (Å²) in [5.74, 6) is 1.10. The van der Waals surface area contributed by atoms with Crippen LogP contribution in [0.2, 0.25) is 0 Å². The van der Waals surface area contributed by atoms with Crippen LogP contribution in [0.25, 0.3) is 0 Å². The Morgan fingerprint density at radius 1 is 1.06 bits per heavy atom.